The van der Waals surface area contributed by atoms with Crippen molar-refractivity contribution in [3.8, 4) is 0 Å². The van der Waals surface area contributed by atoms with E-state index in [9.17, 15) is 24.6 Å². The highest BCUT2D eigenvalue weighted by Crippen LogP contribution is 2.33. The number of hydrogen-bond acceptors (Lipinski definition) is 8. The molecule has 2 saturated heterocycles. The lowest BCUT2D eigenvalue weighted by Gasteiger charge is -2.36. The van der Waals surface area contributed by atoms with Crippen molar-refractivity contribution >= 4 is 39.3 Å². The van der Waals surface area contributed by atoms with Crippen LogP contribution in [0.15, 0.2) is 18.2 Å². The smallest absolute Gasteiger partial charge is 0.264 e. The monoisotopic (exact) mass is 579 g/mol. The number of carbonyl (C=O) groups excluding carboxylic acids is 3. The molecule has 3 amide bonds. The number of benzene rings is 1. The summed E-state index contributed by atoms with van der Waals surface area (Å²) >= 11 is 3.44. The van der Waals surface area contributed by atoms with Gasteiger partial charge in [-0.1, -0.05) is 34.8 Å². The molecule has 0 spiro atoms. The number of imide groups is 1. The topological polar surface area (TPSA) is 125 Å². The molecule has 2 fully saturated rings. The SMILES string of the molecule is O=C(CCCCCCBr)N1CCN(CCNc2cccc3c2C(=O)N(C2CCC(O)NC2O)C3=O)CC1. The highest BCUT2D eigenvalue weighted by molar-refractivity contribution is 9.09. The zero-order valence-corrected chi connectivity index (χ0v) is 22.8. The Hall–Kier alpha value is -2.05. The summed E-state index contributed by atoms with van der Waals surface area (Å²) in [7, 11) is 0. The van der Waals surface area contributed by atoms with Crippen molar-refractivity contribution in [2.24, 2.45) is 0 Å². The Morgan fingerprint density at radius 2 is 1.78 bits per heavy atom. The Bertz CT molecular complexity index is 971. The summed E-state index contributed by atoms with van der Waals surface area (Å²) in [6.45, 7) is 4.44. The molecule has 0 aromatic heterocycles. The predicted octanol–water partition coefficient (Wildman–Crippen LogP) is 1.57. The van der Waals surface area contributed by atoms with Crippen LogP contribution in [0.4, 0.5) is 5.69 Å². The van der Waals surface area contributed by atoms with Crippen LogP contribution < -0.4 is 10.6 Å². The third-order valence-electron chi connectivity index (χ3n) is 7.48. The van der Waals surface area contributed by atoms with Crippen LogP contribution in [0.1, 0.15) is 65.7 Å². The minimum Gasteiger partial charge on any atom is -0.383 e. The van der Waals surface area contributed by atoms with Gasteiger partial charge in [0.05, 0.1) is 17.2 Å². The zero-order chi connectivity index (χ0) is 26.4. The number of nitrogens with zero attached hydrogens (tertiary/aromatic N) is 3. The minimum absolute atomic E-state index is 0.247. The molecule has 1 aromatic rings. The Kier molecular flexibility index (Phi) is 9.94. The van der Waals surface area contributed by atoms with E-state index in [-0.39, 0.29) is 5.91 Å². The van der Waals surface area contributed by atoms with Gasteiger partial charge in [0.1, 0.15) is 12.5 Å². The van der Waals surface area contributed by atoms with Crippen molar-refractivity contribution in [2.75, 3.05) is 49.9 Å². The number of nitrogens with one attached hydrogen (secondary N) is 2. The lowest BCUT2D eigenvalue weighted by Crippen LogP contribution is -2.58. The van der Waals surface area contributed by atoms with Gasteiger partial charge in [0.25, 0.3) is 11.8 Å². The third-order valence-corrected chi connectivity index (χ3v) is 8.04. The number of carbonyl (C=O) groups is 3. The number of fused-ring (bicyclic) bond motifs is 1. The van der Waals surface area contributed by atoms with E-state index in [1.54, 1.807) is 18.2 Å². The fourth-order valence-corrected chi connectivity index (χ4v) is 5.75. The van der Waals surface area contributed by atoms with Crippen molar-refractivity contribution in [1.82, 2.24) is 20.0 Å². The van der Waals surface area contributed by atoms with Gasteiger partial charge in [-0.05, 0) is 37.8 Å². The van der Waals surface area contributed by atoms with Crippen LogP contribution in [0.5, 0.6) is 0 Å². The zero-order valence-electron chi connectivity index (χ0n) is 21.2. The first kappa shape index (κ1) is 28.0. The first-order chi connectivity index (χ1) is 17.9. The van der Waals surface area contributed by atoms with Gasteiger partial charge in [-0.15, -0.1) is 0 Å². The number of aliphatic hydroxyl groups excluding tert-OH is 2. The summed E-state index contributed by atoms with van der Waals surface area (Å²) in [4.78, 5) is 44.1. The molecule has 0 radical (unpaired) electrons. The molecule has 4 rings (SSSR count). The van der Waals surface area contributed by atoms with E-state index < -0.39 is 30.3 Å². The molecule has 3 aliphatic rings. The molecule has 3 aliphatic heterocycles. The number of piperidine rings is 1. The molecule has 0 bridgehead atoms. The van der Waals surface area contributed by atoms with Crippen LogP contribution in [-0.2, 0) is 4.79 Å². The number of unbranched alkanes of at least 4 members (excludes halogenated alkanes) is 3. The molecule has 37 heavy (non-hydrogen) atoms. The van der Waals surface area contributed by atoms with E-state index in [2.05, 4.69) is 31.5 Å². The molecule has 1 aromatic carbocycles. The van der Waals surface area contributed by atoms with E-state index in [0.29, 0.717) is 42.6 Å². The Morgan fingerprint density at radius 3 is 2.51 bits per heavy atom. The van der Waals surface area contributed by atoms with Crippen LogP contribution in [-0.4, -0.2) is 106 Å². The van der Waals surface area contributed by atoms with Gasteiger partial charge in [-0.25, -0.2) is 0 Å². The van der Waals surface area contributed by atoms with Gasteiger partial charge in [0, 0.05) is 56.7 Å². The second kappa shape index (κ2) is 13.1. The van der Waals surface area contributed by atoms with Crippen LogP contribution in [0, 0.1) is 0 Å². The quantitative estimate of drug-likeness (QED) is 0.177. The molecule has 3 heterocycles. The van der Waals surface area contributed by atoms with Crippen LogP contribution >= 0.6 is 15.9 Å². The van der Waals surface area contributed by atoms with Gasteiger partial charge < -0.3 is 20.4 Å². The maximum Gasteiger partial charge on any atom is 0.264 e. The van der Waals surface area contributed by atoms with Gasteiger partial charge in [-0.2, -0.15) is 0 Å². The molecular formula is C26H38BrN5O5. The summed E-state index contributed by atoms with van der Waals surface area (Å²) in [6, 6.07) is 4.45. The van der Waals surface area contributed by atoms with Crippen LogP contribution in [0.3, 0.4) is 0 Å². The van der Waals surface area contributed by atoms with Gasteiger partial charge in [-0.3, -0.25) is 29.5 Å². The maximum atomic E-state index is 13.3. The first-order valence-corrected chi connectivity index (χ1v) is 14.5. The van der Waals surface area contributed by atoms with E-state index >= 15 is 0 Å². The van der Waals surface area contributed by atoms with E-state index in [4.69, 9.17) is 0 Å². The number of alkyl halides is 1. The second-order valence-electron chi connectivity index (χ2n) is 9.98. The van der Waals surface area contributed by atoms with E-state index in [1.165, 1.54) is 0 Å². The number of piperazine rings is 1. The molecule has 0 aliphatic carbocycles. The lowest BCUT2D eigenvalue weighted by molar-refractivity contribution is -0.133. The van der Waals surface area contributed by atoms with Crippen LogP contribution in [0.2, 0.25) is 0 Å². The Labute approximate surface area is 226 Å². The molecule has 204 valence electrons. The third kappa shape index (κ3) is 6.69. The molecule has 11 heteroatoms. The minimum atomic E-state index is -1.17. The fourth-order valence-electron chi connectivity index (χ4n) is 5.35. The van der Waals surface area contributed by atoms with Crippen LogP contribution in [0.25, 0.3) is 0 Å². The number of hydrogen-bond donors (Lipinski definition) is 4. The van der Waals surface area contributed by atoms with E-state index in [0.717, 1.165) is 68.6 Å². The summed E-state index contributed by atoms with van der Waals surface area (Å²) < 4.78 is 0. The normalized spacial score (nSPS) is 24.5. The molecule has 3 unspecified atom stereocenters. The summed E-state index contributed by atoms with van der Waals surface area (Å²) in [5.41, 5.74) is 1.26. The van der Waals surface area contributed by atoms with Gasteiger partial charge in [0.2, 0.25) is 5.91 Å². The van der Waals surface area contributed by atoms with Crippen molar-refractivity contribution in [2.45, 2.75) is 63.4 Å². The highest BCUT2D eigenvalue weighted by atomic mass is 79.9. The highest BCUT2D eigenvalue weighted by Gasteiger charge is 2.45. The van der Waals surface area contributed by atoms with E-state index in [1.807, 2.05) is 4.90 Å². The van der Waals surface area contributed by atoms with Gasteiger partial charge in [0.15, 0.2) is 0 Å². The summed E-state index contributed by atoms with van der Waals surface area (Å²) in [5, 5.41) is 27.0. The summed E-state index contributed by atoms with van der Waals surface area (Å²) in [6.07, 6.45) is 3.63. The second-order valence-corrected chi connectivity index (χ2v) is 10.8. The average Bonchev–Trinajstić information content (AvgIpc) is 3.14. The van der Waals surface area contributed by atoms with Crippen molar-refractivity contribution in [3.63, 3.8) is 0 Å². The first-order valence-electron chi connectivity index (χ1n) is 13.3. The lowest BCUT2D eigenvalue weighted by atomic mass is 10.0. The summed E-state index contributed by atoms with van der Waals surface area (Å²) in [5.74, 6) is -0.601. The van der Waals surface area contributed by atoms with Crippen molar-refractivity contribution in [3.05, 3.63) is 29.3 Å². The average molecular weight is 581 g/mol. The molecule has 0 saturated carbocycles. The molecule has 10 nitrogen and oxygen atoms in total. The molecule has 3 atom stereocenters. The number of aliphatic hydroxyl groups is 2. The van der Waals surface area contributed by atoms with Crippen molar-refractivity contribution in [1.29, 1.82) is 0 Å². The number of anilines is 1. The predicted molar refractivity (Wildman–Crippen MR) is 144 cm³/mol. The molecule has 4 N–H and O–H groups in total. The van der Waals surface area contributed by atoms with Crippen molar-refractivity contribution < 1.29 is 24.6 Å². The Balaban J connectivity index is 1.25. The van der Waals surface area contributed by atoms with Gasteiger partial charge >= 0.3 is 0 Å². The maximum absolute atomic E-state index is 13.3. The fraction of sp³-hybridized carbons (Fsp3) is 0.654. The largest absolute Gasteiger partial charge is 0.383 e. The number of amides is 3. The Morgan fingerprint density at radius 1 is 1.03 bits per heavy atom. The molecular weight excluding hydrogens is 542 g/mol. The standard InChI is InChI=1S/C26H38BrN5O5/c27-11-4-2-1-3-8-22(34)31-16-14-30(15-17-31)13-12-28-19-7-5-6-18-23(19)26(37)32(25(18)36)20-9-10-21(33)29-24(20)35/h5-7,20-21,24,28-29,33,35H,1-4,8-17H2. The number of halogens is 1. The number of rotatable bonds is 11.